The molecule has 0 aromatic heterocycles. The molecule has 0 bridgehead atoms. The number of carbonyl (C=O) groups excluding carboxylic acids is 2. The van der Waals surface area contributed by atoms with Gasteiger partial charge in [-0.3, -0.25) is 9.59 Å². The molecule has 0 aromatic carbocycles. The molecule has 1 radical (unpaired) electrons. The van der Waals surface area contributed by atoms with Crippen LogP contribution in [-0.2, 0) is 4.79 Å². The van der Waals surface area contributed by atoms with Gasteiger partial charge in [0.25, 0.3) is 0 Å². The molecule has 4 N–H and O–H groups in total. The second-order valence-electron chi connectivity index (χ2n) is 1.90. The van der Waals surface area contributed by atoms with Gasteiger partial charge >= 0.3 is 13.6 Å². The molecule has 0 saturated carbocycles. The average Bonchev–Trinajstić information content (AvgIpc) is 2.13. The molecule has 0 atom stereocenters. The summed E-state index contributed by atoms with van der Waals surface area (Å²) in [4.78, 5) is 21.6. The van der Waals surface area contributed by atoms with Crippen LogP contribution in [0, 0.1) is 0 Å². The van der Waals surface area contributed by atoms with E-state index < -0.39 is 11.9 Å². The Bertz CT molecular complexity index is 218. The van der Waals surface area contributed by atoms with Gasteiger partial charge in [-0.2, -0.15) is 0 Å². The van der Waals surface area contributed by atoms with Crippen LogP contribution in [0.1, 0.15) is 6.92 Å². The van der Waals surface area contributed by atoms with Crippen molar-refractivity contribution in [1.29, 1.82) is 0 Å². The Morgan fingerprint density at radius 2 is 2.17 bits per heavy atom. The number of hydrogen-bond acceptors (Lipinski definition) is 3. The van der Waals surface area contributed by atoms with Gasteiger partial charge in [-0.15, -0.1) is 0 Å². The van der Waals surface area contributed by atoms with Crippen LogP contribution in [0.3, 0.4) is 0 Å². The normalized spacial score (nSPS) is 10.8. The third-order valence-corrected chi connectivity index (χ3v) is 0.831. The molecule has 0 spiro atoms. The Morgan fingerprint density at radius 3 is 2.67 bits per heavy atom. The zero-order valence-electron chi connectivity index (χ0n) is 9.00. The quantitative estimate of drug-likeness (QED) is 0.297. The smallest absolute Gasteiger partial charge is 0.383 e. The lowest BCUT2D eigenvalue weighted by Gasteiger charge is -2.04. The van der Waals surface area contributed by atoms with E-state index in [9.17, 15) is 9.59 Å². The Balaban J connectivity index is 3.88. The SMILES string of the molecule is [2H]N([B]N([2H])C(=O)NCNC)C(C)=O. The van der Waals surface area contributed by atoms with Gasteiger partial charge in [-0.25, -0.2) is 0 Å². The summed E-state index contributed by atoms with van der Waals surface area (Å²) < 4.78 is 14.1. The summed E-state index contributed by atoms with van der Waals surface area (Å²) in [5, 5.41) is 5.72. The minimum absolute atomic E-state index is 0.208. The predicted octanol–water partition coefficient (Wildman–Crippen LogP) is -1.87. The number of amides is 3. The van der Waals surface area contributed by atoms with Crippen molar-refractivity contribution in [2.75, 3.05) is 13.7 Å². The number of urea groups is 1. The molecule has 0 unspecified atom stereocenters. The molecule has 12 heavy (non-hydrogen) atoms. The van der Waals surface area contributed by atoms with E-state index in [0.29, 0.717) is 10.4 Å². The first-order chi connectivity index (χ1) is 6.49. The average molecular weight is 173 g/mol. The van der Waals surface area contributed by atoms with Gasteiger partial charge < -0.3 is 21.1 Å². The van der Waals surface area contributed by atoms with Crippen LogP contribution in [0.4, 0.5) is 4.79 Å². The molecule has 0 aromatic rings. The minimum Gasteiger partial charge on any atom is -0.383 e. The van der Waals surface area contributed by atoms with E-state index in [4.69, 9.17) is 2.82 Å². The predicted molar refractivity (Wildman–Crippen MR) is 45.2 cm³/mol. The first kappa shape index (κ1) is 7.42. The Labute approximate surface area is 74.7 Å². The van der Waals surface area contributed by atoms with Crippen LogP contribution in [0.2, 0.25) is 2.82 Å². The molecule has 0 heterocycles. The molecule has 0 saturated heterocycles. The van der Waals surface area contributed by atoms with E-state index in [-0.39, 0.29) is 6.67 Å². The van der Waals surface area contributed by atoms with E-state index in [1.54, 1.807) is 7.05 Å². The second-order valence-corrected chi connectivity index (χ2v) is 1.90. The maximum absolute atomic E-state index is 11.0. The standard InChI is InChI=1S/C5H12BN4O2/c1-4(11)9-6-10-5(12)8-3-7-2/h7H,3H2,1-2H3,(H,9,11)(H2,8,10,12)/i/hD2. The fourth-order valence-electron chi connectivity index (χ4n) is 0.372. The van der Waals surface area contributed by atoms with Crippen molar-refractivity contribution in [2.24, 2.45) is 0 Å². The van der Waals surface area contributed by atoms with Crippen LogP contribution in [-0.4, -0.2) is 33.2 Å². The van der Waals surface area contributed by atoms with Gasteiger partial charge in [0.1, 0.15) is 2.82 Å². The van der Waals surface area contributed by atoms with Crippen molar-refractivity contribution in [1.82, 2.24) is 21.1 Å². The van der Waals surface area contributed by atoms with Crippen molar-refractivity contribution in [3.63, 3.8) is 0 Å². The molecule has 0 aliphatic heterocycles. The Hall–Kier alpha value is -1.24. The fourth-order valence-corrected chi connectivity index (χ4v) is 0.372. The summed E-state index contributed by atoms with van der Waals surface area (Å²) >= 11 is 0. The van der Waals surface area contributed by atoms with Crippen molar-refractivity contribution in [3.05, 3.63) is 0 Å². The largest absolute Gasteiger partial charge is 0.391 e. The summed E-state index contributed by atoms with van der Waals surface area (Å²) in [5.74, 6) is -0.580. The third-order valence-electron chi connectivity index (χ3n) is 0.831. The molecule has 0 rings (SSSR count). The first-order valence-electron chi connectivity index (χ1n) is 4.22. The van der Waals surface area contributed by atoms with Crippen LogP contribution in [0.25, 0.3) is 0 Å². The van der Waals surface area contributed by atoms with E-state index in [2.05, 4.69) is 10.6 Å². The van der Waals surface area contributed by atoms with Gasteiger partial charge in [0, 0.05) is 6.92 Å². The van der Waals surface area contributed by atoms with E-state index in [0.717, 1.165) is 14.5 Å². The summed E-state index contributed by atoms with van der Waals surface area (Å²) in [6.45, 7) is 1.36. The van der Waals surface area contributed by atoms with Crippen LogP contribution in [0.5, 0.6) is 0 Å². The van der Waals surface area contributed by atoms with Gasteiger partial charge in [-0.1, -0.05) is 0 Å². The van der Waals surface area contributed by atoms with Gasteiger partial charge in [-0.05, 0) is 7.05 Å². The lowest BCUT2D eigenvalue weighted by Crippen LogP contribution is -2.46. The zero-order chi connectivity index (χ0) is 11.1. The molecular weight excluding hydrogens is 159 g/mol. The topological polar surface area (TPSA) is 82.3 Å². The number of nitrogens with one attached hydrogen (secondary N) is 4. The number of carbonyl (C=O) groups is 2. The van der Waals surface area contributed by atoms with E-state index >= 15 is 0 Å². The van der Waals surface area contributed by atoms with Gasteiger partial charge in [0.15, 0.2) is 0 Å². The summed E-state index contributed by atoms with van der Waals surface area (Å²) in [6.07, 6.45) is 0. The van der Waals surface area contributed by atoms with Crippen molar-refractivity contribution in [2.45, 2.75) is 6.92 Å². The Kier molecular flexibility index (Phi) is 4.00. The molecular formula is C5H12BN4O2. The Morgan fingerprint density at radius 1 is 1.50 bits per heavy atom. The second kappa shape index (κ2) is 6.47. The number of hydrogen-bond donors (Lipinski definition) is 4. The highest BCUT2D eigenvalue weighted by molar-refractivity contribution is 6.38. The van der Waals surface area contributed by atoms with Crippen molar-refractivity contribution in [3.8, 4) is 0 Å². The highest BCUT2D eigenvalue weighted by Gasteiger charge is 1.99. The summed E-state index contributed by atoms with van der Waals surface area (Å²) in [7, 11) is 2.39. The summed E-state index contributed by atoms with van der Waals surface area (Å²) in [6, 6.07) is -0.724. The molecule has 0 aliphatic rings. The van der Waals surface area contributed by atoms with E-state index in [1.165, 1.54) is 0 Å². The number of rotatable bonds is 4. The maximum Gasteiger partial charge on any atom is 0.391 e. The molecule has 0 aliphatic carbocycles. The highest BCUT2D eigenvalue weighted by atomic mass is 16.2. The minimum atomic E-state index is -0.724. The molecule has 0 fully saturated rings. The van der Waals surface area contributed by atoms with Gasteiger partial charge in [0.2, 0.25) is 5.91 Å². The first-order valence-corrected chi connectivity index (χ1v) is 3.33. The zero-order valence-corrected chi connectivity index (χ0v) is 7.00. The van der Waals surface area contributed by atoms with Crippen LogP contribution >= 0.6 is 0 Å². The monoisotopic (exact) mass is 173 g/mol. The van der Waals surface area contributed by atoms with Crippen molar-refractivity contribution >= 4 is 19.5 Å². The summed E-state index contributed by atoms with van der Waals surface area (Å²) in [5.41, 5.74) is 0. The van der Waals surface area contributed by atoms with Crippen molar-refractivity contribution < 1.29 is 12.4 Å². The van der Waals surface area contributed by atoms with Gasteiger partial charge in [0.05, 0.1) is 6.67 Å². The lowest BCUT2D eigenvalue weighted by molar-refractivity contribution is -0.117. The molecule has 7 heteroatoms. The maximum atomic E-state index is 11.0. The fraction of sp³-hybridized carbons (Fsp3) is 0.600. The lowest BCUT2D eigenvalue weighted by atomic mass is 10.2. The van der Waals surface area contributed by atoms with Crippen LogP contribution in [0.15, 0.2) is 0 Å². The third kappa shape index (κ3) is 6.88. The molecule has 3 amide bonds. The molecule has 6 nitrogen and oxygen atoms in total. The van der Waals surface area contributed by atoms with Crippen LogP contribution < -0.4 is 21.1 Å². The molecule has 67 valence electrons. The highest BCUT2D eigenvalue weighted by Crippen LogP contribution is 1.59. The van der Waals surface area contributed by atoms with E-state index in [1.807, 2.05) is 0 Å².